The van der Waals surface area contributed by atoms with Gasteiger partial charge in [-0.1, -0.05) is 15.9 Å². The van der Waals surface area contributed by atoms with Crippen molar-refractivity contribution in [3.63, 3.8) is 0 Å². The van der Waals surface area contributed by atoms with Crippen molar-refractivity contribution in [3.05, 3.63) is 28.7 Å². The van der Waals surface area contributed by atoms with Gasteiger partial charge in [0.2, 0.25) is 10.0 Å². The number of thioether (sulfide) groups is 1. The number of benzene rings is 1. The molecule has 0 bridgehead atoms. The Morgan fingerprint density at radius 3 is 2.62 bits per heavy atom. The minimum Gasteiger partial charge on any atom is -0.308 e. The van der Waals surface area contributed by atoms with Crippen molar-refractivity contribution in [1.82, 2.24) is 9.21 Å². The molecule has 21 heavy (non-hydrogen) atoms. The molecule has 1 aromatic rings. The highest BCUT2D eigenvalue weighted by Gasteiger charge is 2.32. The standard InChI is InChI=1S/C14H21BrN2O2S2/c1-16(2)10-13-11-20-9-3-8-17(13)21(18,19)14-6-4-12(15)5-7-14/h4-7,13H,3,8-11H2,1-2H3. The van der Waals surface area contributed by atoms with Crippen molar-refractivity contribution in [2.75, 3.05) is 38.7 Å². The molecular weight excluding hydrogens is 372 g/mol. The number of nitrogens with zero attached hydrogens (tertiary/aromatic N) is 2. The second kappa shape index (κ2) is 7.46. The molecule has 1 aliphatic rings. The maximum Gasteiger partial charge on any atom is 0.243 e. The smallest absolute Gasteiger partial charge is 0.243 e. The number of halogens is 1. The predicted molar refractivity (Wildman–Crippen MR) is 92.3 cm³/mol. The highest BCUT2D eigenvalue weighted by molar-refractivity contribution is 9.10. The van der Waals surface area contributed by atoms with E-state index in [-0.39, 0.29) is 6.04 Å². The van der Waals surface area contributed by atoms with Crippen LogP contribution in [0.1, 0.15) is 6.42 Å². The lowest BCUT2D eigenvalue weighted by molar-refractivity contribution is 0.271. The average molecular weight is 393 g/mol. The first-order valence-electron chi connectivity index (χ1n) is 6.91. The van der Waals surface area contributed by atoms with Gasteiger partial charge in [-0.15, -0.1) is 0 Å². The fourth-order valence-electron chi connectivity index (χ4n) is 2.43. The van der Waals surface area contributed by atoms with Gasteiger partial charge in [-0.05, 0) is 50.5 Å². The van der Waals surface area contributed by atoms with Gasteiger partial charge in [0.05, 0.1) is 4.90 Å². The van der Waals surface area contributed by atoms with Crippen molar-refractivity contribution >= 4 is 37.7 Å². The lowest BCUT2D eigenvalue weighted by atomic mass is 10.3. The zero-order valence-electron chi connectivity index (χ0n) is 12.3. The number of hydrogen-bond acceptors (Lipinski definition) is 4. The van der Waals surface area contributed by atoms with Crippen LogP contribution >= 0.6 is 27.7 Å². The zero-order valence-corrected chi connectivity index (χ0v) is 15.5. The molecule has 1 heterocycles. The van der Waals surface area contributed by atoms with Gasteiger partial charge in [0, 0.05) is 29.4 Å². The number of likely N-dealkylation sites (N-methyl/N-ethyl adjacent to an activating group) is 1. The van der Waals surface area contributed by atoms with Crippen molar-refractivity contribution in [3.8, 4) is 0 Å². The normalized spacial score (nSPS) is 21.4. The van der Waals surface area contributed by atoms with E-state index in [9.17, 15) is 8.42 Å². The molecule has 1 atom stereocenters. The molecule has 1 saturated heterocycles. The Hall–Kier alpha value is -0.0800. The first-order valence-corrected chi connectivity index (χ1v) is 10.3. The summed E-state index contributed by atoms with van der Waals surface area (Å²) in [5.41, 5.74) is 0. The first-order chi connectivity index (χ1) is 9.91. The van der Waals surface area contributed by atoms with E-state index in [1.807, 2.05) is 25.9 Å². The van der Waals surface area contributed by atoms with Gasteiger partial charge in [-0.3, -0.25) is 0 Å². The Morgan fingerprint density at radius 2 is 2.00 bits per heavy atom. The van der Waals surface area contributed by atoms with Crippen LogP contribution in [0.25, 0.3) is 0 Å². The van der Waals surface area contributed by atoms with Crippen LogP contribution in [0.15, 0.2) is 33.6 Å². The van der Waals surface area contributed by atoms with Gasteiger partial charge in [-0.2, -0.15) is 16.1 Å². The maximum absolute atomic E-state index is 12.9. The molecule has 1 fully saturated rings. The highest BCUT2D eigenvalue weighted by Crippen LogP contribution is 2.25. The minimum atomic E-state index is -3.42. The lowest BCUT2D eigenvalue weighted by Crippen LogP contribution is -2.46. The van der Waals surface area contributed by atoms with Crippen LogP contribution in [-0.4, -0.2) is 62.4 Å². The van der Waals surface area contributed by atoms with Crippen LogP contribution in [0.3, 0.4) is 0 Å². The van der Waals surface area contributed by atoms with Gasteiger partial charge >= 0.3 is 0 Å². The van der Waals surface area contributed by atoms with E-state index >= 15 is 0 Å². The molecule has 7 heteroatoms. The largest absolute Gasteiger partial charge is 0.308 e. The average Bonchev–Trinajstić information content (AvgIpc) is 2.64. The molecule has 0 N–H and O–H groups in total. The Morgan fingerprint density at radius 1 is 1.33 bits per heavy atom. The van der Waals surface area contributed by atoms with Crippen LogP contribution in [0.4, 0.5) is 0 Å². The van der Waals surface area contributed by atoms with Crippen molar-refractivity contribution < 1.29 is 8.42 Å². The molecule has 0 spiro atoms. The highest BCUT2D eigenvalue weighted by atomic mass is 79.9. The van der Waals surface area contributed by atoms with E-state index in [0.29, 0.717) is 11.4 Å². The molecule has 4 nitrogen and oxygen atoms in total. The van der Waals surface area contributed by atoms with E-state index in [4.69, 9.17) is 0 Å². The second-order valence-electron chi connectivity index (χ2n) is 5.41. The van der Waals surface area contributed by atoms with E-state index in [2.05, 4.69) is 20.8 Å². The summed E-state index contributed by atoms with van der Waals surface area (Å²) in [4.78, 5) is 2.43. The molecule has 2 rings (SSSR count). The van der Waals surface area contributed by atoms with Gasteiger partial charge in [-0.25, -0.2) is 8.42 Å². The third kappa shape index (κ3) is 4.45. The maximum atomic E-state index is 12.9. The topological polar surface area (TPSA) is 40.6 Å². The Kier molecular flexibility index (Phi) is 6.14. The van der Waals surface area contributed by atoms with Crippen molar-refractivity contribution in [1.29, 1.82) is 0 Å². The summed E-state index contributed by atoms with van der Waals surface area (Å²) >= 11 is 5.19. The number of rotatable bonds is 4. The van der Waals surface area contributed by atoms with Crippen LogP contribution in [-0.2, 0) is 10.0 Å². The zero-order chi connectivity index (χ0) is 15.5. The molecular formula is C14H21BrN2O2S2. The van der Waals surface area contributed by atoms with Gasteiger partial charge in [0.25, 0.3) is 0 Å². The lowest BCUT2D eigenvalue weighted by Gasteiger charge is -2.30. The Bertz CT molecular complexity index is 561. The van der Waals surface area contributed by atoms with Gasteiger partial charge < -0.3 is 4.90 Å². The van der Waals surface area contributed by atoms with Crippen LogP contribution in [0.5, 0.6) is 0 Å². The van der Waals surface area contributed by atoms with E-state index in [0.717, 1.165) is 28.9 Å². The molecule has 0 amide bonds. The van der Waals surface area contributed by atoms with Crippen LogP contribution in [0.2, 0.25) is 0 Å². The Labute approximate surface area is 140 Å². The fraction of sp³-hybridized carbons (Fsp3) is 0.571. The van der Waals surface area contributed by atoms with Gasteiger partial charge in [0.1, 0.15) is 0 Å². The van der Waals surface area contributed by atoms with E-state index in [1.165, 1.54) is 0 Å². The summed E-state index contributed by atoms with van der Waals surface area (Å²) in [7, 11) is 0.548. The summed E-state index contributed by atoms with van der Waals surface area (Å²) < 4.78 is 28.4. The van der Waals surface area contributed by atoms with E-state index < -0.39 is 10.0 Å². The monoisotopic (exact) mass is 392 g/mol. The minimum absolute atomic E-state index is 0.0288. The summed E-state index contributed by atoms with van der Waals surface area (Å²) in [6.07, 6.45) is 0.907. The molecule has 0 radical (unpaired) electrons. The quantitative estimate of drug-likeness (QED) is 0.788. The molecule has 1 unspecified atom stereocenters. The molecule has 1 aromatic carbocycles. The first kappa shape index (κ1) is 17.3. The molecule has 0 aromatic heterocycles. The number of hydrogen-bond donors (Lipinski definition) is 0. The third-order valence-electron chi connectivity index (χ3n) is 3.38. The van der Waals surface area contributed by atoms with E-state index in [1.54, 1.807) is 28.6 Å². The molecule has 0 saturated carbocycles. The molecule has 118 valence electrons. The Balaban J connectivity index is 2.31. The third-order valence-corrected chi connectivity index (χ3v) is 7.07. The fourth-order valence-corrected chi connectivity index (χ4v) is 5.50. The molecule has 1 aliphatic heterocycles. The summed E-state index contributed by atoms with van der Waals surface area (Å²) in [5, 5.41) is 0. The van der Waals surface area contributed by atoms with Gasteiger partial charge in [0.15, 0.2) is 0 Å². The number of sulfonamides is 1. The summed E-state index contributed by atoms with van der Waals surface area (Å²) in [5.74, 6) is 1.88. The summed E-state index contributed by atoms with van der Waals surface area (Å²) in [6.45, 7) is 1.35. The van der Waals surface area contributed by atoms with Crippen LogP contribution in [0, 0.1) is 0 Å². The van der Waals surface area contributed by atoms with Crippen molar-refractivity contribution in [2.24, 2.45) is 0 Å². The molecule has 0 aliphatic carbocycles. The van der Waals surface area contributed by atoms with Crippen molar-refractivity contribution in [2.45, 2.75) is 17.4 Å². The predicted octanol–water partition coefficient (Wildman–Crippen LogP) is 2.51. The second-order valence-corrected chi connectivity index (χ2v) is 9.37. The SMILES string of the molecule is CN(C)CC1CSCCCN1S(=O)(=O)c1ccc(Br)cc1. The van der Waals surface area contributed by atoms with Crippen LogP contribution < -0.4 is 0 Å². The summed E-state index contributed by atoms with van der Waals surface area (Å²) in [6, 6.07) is 6.93.